The van der Waals surface area contributed by atoms with Crippen LogP contribution in [0.2, 0.25) is 0 Å². The summed E-state index contributed by atoms with van der Waals surface area (Å²) < 4.78 is 4.79. The van der Waals surface area contributed by atoms with Crippen LogP contribution in [-0.2, 0) is 16.1 Å². The summed E-state index contributed by atoms with van der Waals surface area (Å²) in [5, 5.41) is 0. The average Bonchev–Trinajstić information content (AvgIpc) is 2.60. The molecule has 0 bridgehead atoms. The highest BCUT2D eigenvalue weighted by atomic mass is 16.5. The number of amides is 1. The van der Waals surface area contributed by atoms with Gasteiger partial charge in [0.15, 0.2) is 0 Å². The van der Waals surface area contributed by atoms with E-state index in [0.29, 0.717) is 18.7 Å². The van der Waals surface area contributed by atoms with Crippen LogP contribution in [0.1, 0.15) is 28.4 Å². The van der Waals surface area contributed by atoms with Crippen LogP contribution in [0.25, 0.3) is 0 Å². The van der Waals surface area contributed by atoms with Crippen LogP contribution in [0.3, 0.4) is 0 Å². The molecule has 2 aromatic carbocycles. The largest absolute Gasteiger partial charge is 0.469 e. The van der Waals surface area contributed by atoms with Gasteiger partial charge >= 0.3 is 5.97 Å². The molecule has 0 N–H and O–H groups in total. The third-order valence-corrected chi connectivity index (χ3v) is 3.87. The van der Waals surface area contributed by atoms with Gasteiger partial charge in [-0.1, -0.05) is 55.0 Å². The number of hydrogen-bond acceptors (Lipinski definition) is 3. The Kier molecular flexibility index (Phi) is 6.13. The first kappa shape index (κ1) is 17.7. The van der Waals surface area contributed by atoms with Crippen molar-refractivity contribution in [1.82, 2.24) is 4.90 Å². The van der Waals surface area contributed by atoms with E-state index in [1.54, 1.807) is 17.9 Å². The van der Waals surface area contributed by atoms with Gasteiger partial charge in [0.05, 0.1) is 13.0 Å². The lowest BCUT2D eigenvalue weighted by molar-refractivity contribution is -0.145. The van der Waals surface area contributed by atoms with E-state index >= 15 is 0 Å². The summed E-state index contributed by atoms with van der Waals surface area (Å²) in [4.78, 5) is 26.4. The molecule has 2 aromatic rings. The predicted octanol–water partition coefficient (Wildman–Crippen LogP) is 3.45. The van der Waals surface area contributed by atoms with Gasteiger partial charge in [0.2, 0.25) is 0 Å². The van der Waals surface area contributed by atoms with Crippen LogP contribution in [0, 0.1) is 12.8 Å². The molecule has 4 heteroatoms. The highest BCUT2D eigenvalue weighted by molar-refractivity contribution is 5.94. The molecule has 4 nitrogen and oxygen atoms in total. The van der Waals surface area contributed by atoms with Crippen LogP contribution in [0.15, 0.2) is 54.6 Å². The zero-order valence-electron chi connectivity index (χ0n) is 14.4. The molecule has 0 radical (unpaired) electrons. The molecular formula is C20H23NO3. The monoisotopic (exact) mass is 325 g/mol. The van der Waals surface area contributed by atoms with Crippen molar-refractivity contribution in [2.45, 2.75) is 20.4 Å². The van der Waals surface area contributed by atoms with E-state index in [4.69, 9.17) is 4.74 Å². The summed E-state index contributed by atoms with van der Waals surface area (Å²) in [7, 11) is 1.36. The Morgan fingerprint density at radius 1 is 1.08 bits per heavy atom. The van der Waals surface area contributed by atoms with Gasteiger partial charge < -0.3 is 9.64 Å². The third-order valence-electron chi connectivity index (χ3n) is 3.87. The van der Waals surface area contributed by atoms with Gasteiger partial charge in [-0.25, -0.2) is 0 Å². The Morgan fingerprint density at radius 2 is 1.79 bits per heavy atom. The van der Waals surface area contributed by atoms with E-state index in [-0.39, 0.29) is 17.8 Å². The minimum atomic E-state index is -0.382. The zero-order valence-corrected chi connectivity index (χ0v) is 14.4. The van der Waals surface area contributed by atoms with Crippen molar-refractivity contribution < 1.29 is 14.3 Å². The standard InChI is InChI=1S/C20H23NO3/c1-15-8-7-11-18(12-15)19(22)21(13-16(2)20(23)24-3)14-17-9-5-4-6-10-17/h4-12,16H,13-14H2,1-3H3. The van der Waals surface area contributed by atoms with E-state index in [2.05, 4.69) is 0 Å². The molecule has 1 unspecified atom stereocenters. The van der Waals surface area contributed by atoms with Crippen LogP contribution in [0.5, 0.6) is 0 Å². The van der Waals surface area contributed by atoms with E-state index in [0.717, 1.165) is 11.1 Å². The van der Waals surface area contributed by atoms with Gasteiger partial charge in [0.25, 0.3) is 5.91 Å². The SMILES string of the molecule is COC(=O)C(C)CN(Cc1ccccc1)C(=O)c1cccc(C)c1. The lowest BCUT2D eigenvalue weighted by Crippen LogP contribution is -2.36. The second kappa shape index (κ2) is 8.29. The second-order valence-electron chi connectivity index (χ2n) is 5.96. The molecule has 0 saturated carbocycles. The lowest BCUT2D eigenvalue weighted by Gasteiger charge is -2.25. The van der Waals surface area contributed by atoms with Gasteiger partial charge in [-0.3, -0.25) is 9.59 Å². The van der Waals surface area contributed by atoms with Crippen LogP contribution in [-0.4, -0.2) is 30.4 Å². The van der Waals surface area contributed by atoms with Gasteiger partial charge in [-0.15, -0.1) is 0 Å². The summed E-state index contributed by atoms with van der Waals surface area (Å²) in [6.45, 7) is 4.49. The topological polar surface area (TPSA) is 46.6 Å². The quantitative estimate of drug-likeness (QED) is 0.764. The Balaban J connectivity index is 2.24. The number of aryl methyl sites for hydroxylation is 1. The number of nitrogens with zero attached hydrogens (tertiary/aromatic N) is 1. The Bertz CT molecular complexity index is 697. The van der Waals surface area contributed by atoms with Crippen molar-refractivity contribution in [1.29, 1.82) is 0 Å². The molecular weight excluding hydrogens is 302 g/mol. The first-order valence-corrected chi connectivity index (χ1v) is 7.99. The van der Waals surface area contributed by atoms with Crippen molar-refractivity contribution in [3.63, 3.8) is 0 Å². The number of methoxy groups -OCH3 is 1. The summed E-state index contributed by atoms with van der Waals surface area (Å²) in [5.74, 6) is -0.782. The number of benzene rings is 2. The molecule has 126 valence electrons. The van der Waals surface area contributed by atoms with Gasteiger partial charge in [0.1, 0.15) is 0 Å². The maximum atomic E-state index is 12.9. The molecule has 24 heavy (non-hydrogen) atoms. The number of carbonyl (C=O) groups excluding carboxylic acids is 2. The maximum absolute atomic E-state index is 12.9. The smallest absolute Gasteiger partial charge is 0.310 e. The number of esters is 1. The van der Waals surface area contributed by atoms with Crippen molar-refractivity contribution in [3.8, 4) is 0 Å². The third kappa shape index (κ3) is 4.69. The molecule has 0 aliphatic carbocycles. The van der Waals surface area contributed by atoms with Gasteiger partial charge in [-0.05, 0) is 24.6 Å². The second-order valence-corrected chi connectivity index (χ2v) is 5.96. The number of ether oxygens (including phenoxy) is 1. The highest BCUT2D eigenvalue weighted by Crippen LogP contribution is 2.14. The maximum Gasteiger partial charge on any atom is 0.310 e. The summed E-state index contributed by atoms with van der Waals surface area (Å²) >= 11 is 0. The molecule has 0 spiro atoms. The number of carbonyl (C=O) groups is 2. The van der Waals surface area contributed by atoms with Crippen LogP contribution >= 0.6 is 0 Å². The van der Waals surface area contributed by atoms with Gasteiger partial charge in [-0.2, -0.15) is 0 Å². The first-order chi connectivity index (χ1) is 11.5. The van der Waals surface area contributed by atoms with E-state index < -0.39 is 0 Å². The fraction of sp³-hybridized carbons (Fsp3) is 0.300. The Hall–Kier alpha value is -2.62. The molecule has 0 aliphatic rings. The van der Waals surface area contributed by atoms with Crippen LogP contribution < -0.4 is 0 Å². The molecule has 0 saturated heterocycles. The Labute approximate surface area is 143 Å². The molecule has 0 aliphatic heterocycles. The molecule has 0 aromatic heterocycles. The zero-order chi connectivity index (χ0) is 17.5. The molecule has 2 rings (SSSR count). The summed E-state index contributed by atoms with van der Waals surface area (Å²) in [6, 6.07) is 17.2. The predicted molar refractivity (Wildman–Crippen MR) is 93.5 cm³/mol. The number of rotatable bonds is 6. The van der Waals surface area contributed by atoms with Crippen molar-refractivity contribution >= 4 is 11.9 Å². The fourth-order valence-electron chi connectivity index (χ4n) is 2.59. The average molecular weight is 325 g/mol. The van der Waals surface area contributed by atoms with Gasteiger partial charge in [0, 0.05) is 18.7 Å². The summed E-state index contributed by atoms with van der Waals surface area (Å²) in [6.07, 6.45) is 0. The molecule has 0 fully saturated rings. The minimum absolute atomic E-state index is 0.0849. The summed E-state index contributed by atoms with van der Waals surface area (Å²) in [5.41, 5.74) is 2.68. The van der Waals surface area contributed by atoms with Crippen molar-refractivity contribution in [2.75, 3.05) is 13.7 Å². The highest BCUT2D eigenvalue weighted by Gasteiger charge is 2.22. The molecule has 1 atom stereocenters. The molecule has 0 heterocycles. The van der Waals surface area contributed by atoms with Crippen molar-refractivity contribution in [2.24, 2.45) is 5.92 Å². The fourth-order valence-corrected chi connectivity index (χ4v) is 2.59. The van der Waals surface area contributed by atoms with E-state index in [1.807, 2.05) is 55.5 Å². The van der Waals surface area contributed by atoms with Crippen LogP contribution in [0.4, 0.5) is 0 Å². The van der Waals surface area contributed by atoms with E-state index in [1.165, 1.54) is 7.11 Å². The van der Waals surface area contributed by atoms with Crippen molar-refractivity contribution in [3.05, 3.63) is 71.3 Å². The number of hydrogen-bond donors (Lipinski definition) is 0. The Morgan fingerprint density at radius 3 is 2.42 bits per heavy atom. The normalized spacial score (nSPS) is 11.6. The minimum Gasteiger partial charge on any atom is -0.469 e. The van der Waals surface area contributed by atoms with E-state index in [9.17, 15) is 9.59 Å². The lowest BCUT2D eigenvalue weighted by atomic mass is 10.1. The molecule has 1 amide bonds. The first-order valence-electron chi connectivity index (χ1n) is 7.99.